The first-order valence-electron chi connectivity index (χ1n) is 15.9. The van der Waals surface area contributed by atoms with Crippen molar-refractivity contribution in [1.29, 1.82) is 0 Å². The Morgan fingerprint density at radius 1 is 0.841 bits per heavy atom. The number of nitrogens with one attached hydrogen (secondary N) is 5. The van der Waals surface area contributed by atoms with Crippen LogP contribution >= 0.6 is 0 Å². The van der Waals surface area contributed by atoms with Gasteiger partial charge in [0, 0.05) is 13.1 Å². The molecular formula is C34H41N9O. The van der Waals surface area contributed by atoms with E-state index in [0.717, 1.165) is 96.7 Å². The van der Waals surface area contributed by atoms with Gasteiger partial charge in [0.2, 0.25) is 5.91 Å². The third-order valence-electron chi connectivity index (χ3n) is 9.06. The SMILES string of the molecule is CC(C)[C@H](NC1=NCCN1)C(=O)N1CCC[C@H]1c1ncc(-c2ccc(-c3ccc(-c4cnc(C5CCCN5)[nH]4)cc3)cc2)[nH]1. The second-order valence-corrected chi connectivity index (χ2v) is 12.4. The van der Waals surface area contributed by atoms with Crippen molar-refractivity contribution in [2.75, 3.05) is 26.2 Å². The van der Waals surface area contributed by atoms with Crippen LogP contribution in [0.3, 0.4) is 0 Å². The summed E-state index contributed by atoms with van der Waals surface area (Å²) >= 11 is 0. The average Bonchev–Trinajstić information content (AvgIpc) is 3.89. The molecule has 4 aromatic rings. The molecule has 5 heterocycles. The van der Waals surface area contributed by atoms with E-state index in [2.05, 4.69) is 98.3 Å². The lowest BCUT2D eigenvalue weighted by atomic mass is 10.0. The lowest BCUT2D eigenvalue weighted by molar-refractivity contribution is -0.135. The van der Waals surface area contributed by atoms with Crippen LogP contribution in [-0.4, -0.2) is 68.9 Å². The fraction of sp³-hybridized carbons (Fsp3) is 0.412. The predicted molar refractivity (Wildman–Crippen MR) is 173 cm³/mol. The Morgan fingerprint density at radius 3 is 2.07 bits per heavy atom. The number of hydrogen-bond acceptors (Lipinski definition) is 7. The van der Waals surface area contributed by atoms with Crippen LogP contribution in [0.5, 0.6) is 0 Å². The number of hydrogen-bond donors (Lipinski definition) is 5. The summed E-state index contributed by atoms with van der Waals surface area (Å²) in [7, 11) is 0. The molecule has 3 aliphatic heterocycles. The van der Waals surface area contributed by atoms with Crippen molar-refractivity contribution in [1.82, 2.24) is 40.8 Å². The Morgan fingerprint density at radius 2 is 1.48 bits per heavy atom. The zero-order valence-electron chi connectivity index (χ0n) is 25.4. The van der Waals surface area contributed by atoms with E-state index in [4.69, 9.17) is 4.98 Å². The maximum absolute atomic E-state index is 13.7. The van der Waals surface area contributed by atoms with Gasteiger partial charge in [0.15, 0.2) is 5.96 Å². The number of aromatic nitrogens is 4. The second kappa shape index (κ2) is 12.3. The van der Waals surface area contributed by atoms with Gasteiger partial charge in [-0.3, -0.25) is 9.79 Å². The third kappa shape index (κ3) is 5.74. The highest BCUT2D eigenvalue weighted by molar-refractivity contribution is 5.90. The average molecular weight is 592 g/mol. The molecule has 2 aromatic heterocycles. The molecule has 0 aliphatic carbocycles. The quantitative estimate of drug-likeness (QED) is 0.201. The molecule has 2 aromatic carbocycles. The van der Waals surface area contributed by atoms with E-state index in [0.29, 0.717) is 6.04 Å². The Labute approximate surface area is 258 Å². The van der Waals surface area contributed by atoms with Crippen molar-refractivity contribution < 1.29 is 4.79 Å². The van der Waals surface area contributed by atoms with Crippen molar-refractivity contribution in [3.8, 4) is 33.6 Å². The van der Waals surface area contributed by atoms with Crippen molar-refractivity contribution in [2.24, 2.45) is 10.9 Å². The minimum absolute atomic E-state index is 0.0593. The first-order chi connectivity index (χ1) is 21.5. The van der Waals surface area contributed by atoms with Gasteiger partial charge >= 0.3 is 0 Å². The highest BCUT2D eigenvalue weighted by atomic mass is 16.2. The summed E-state index contributed by atoms with van der Waals surface area (Å²) in [5.41, 5.74) is 6.51. The smallest absolute Gasteiger partial charge is 0.246 e. The van der Waals surface area contributed by atoms with E-state index in [1.807, 2.05) is 17.3 Å². The zero-order chi connectivity index (χ0) is 30.0. The van der Waals surface area contributed by atoms with Crippen LogP contribution in [0.4, 0.5) is 0 Å². The Balaban J connectivity index is 1.02. The number of carbonyl (C=O) groups is 1. The summed E-state index contributed by atoms with van der Waals surface area (Å²) in [5, 5.41) is 10.1. The Kier molecular flexibility index (Phi) is 7.91. The van der Waals surface area contributed by atoms with Crippen LogP contribution in [0.1, 0.15) is 63.3 Å². The van der Waals surface area contributed by atoms with Gasteiger partial charge in [0.05, 0.1) is 42.4 Å². The number of aliphatic imine (C=N–C) groups is 1. The molecule has 0 bridgehead atoms. The van der Waals surface area contributed by atoms with Gasteiger partial charge in [-0.05, 0) is 60.4 Å². The van der Waals surface area contributed by atoms with Crippen LogP contribution < -0.4 is 16.0 Å². The lowest BCUT2D eigenvalue weighted by Gasteiger charge is -2.30. The standard InChI is InChI=1S/C34H41N9O/c1-21(2)30(42-34-36-16-17-37-34)33(44)43-18-4-6-29(43)32-39-20-28(41-32)25-13-9-23(10-14-25)22-7-11-24(12-8-22)27-19-38-31(40-27)26-5-3-15-35-26/h7-14,19-21,26,29-30,35H,3-6,15-18H2,1-2H3,(H,38,40)(H,39,41)(H2,36,37,42)/t26?,29-,30-/m0/s1. The molecule has 0 saturated carbocycles. The van der Waals surface area contributed by atoms with Gasteiger partial charge in [-0.25, -0.2) is 9.97 Å². The number of imidazole rings is 2. The minimum Gasteiger partial charge on any atom is -0.355 e. The molecule has 2 fully saturated rings. The highest BCUT2D eigenvalue weighted by Gasteiger charge is 2.37. The highest BCUT2D eigenvalue weighted by Crippen LogP contribution is 2.33. The number of carbonyl (C=O) groups excluding carboxylic acids is 1. The molecule has 0 radical (unpaired) electrons. The normalized spacial score (nSPS) is 20.6. The molecule has 5 N–H and O–H groups in total. The number of amides is 1. The number of aromatic amines is 2. The van der Waals surface area contributed by atoms with Gasteiger partial charge < -0.3 is 30.8 Å². The molecule has 7 rings (SSSR count). The number of guanidine groups is 1. The van der Waals surface area contributed by atoms with Gasteiger partial charge in [-0.2, -0.15) is 0 Å². The Bertz CT molecular complexity index is 1610. The summed E-state index contributed by atoms with van der Waals surface area (Å²) in [4.78, 5) is 36.5. The van der Waals surface area contributed by atoms with Crippen molar-refractivity contribution >= 4 is 11.9 Å². The molecule has 0 spiro atoms. The third-order valence-corrected chi connectivity index (χ3v) is 9.06. The second-order valence-electron chi connectivity index (χ2n) is 12.4. The fourth-order valence-corrected chi connectivity index (χ4v) is 6.56. The van der Waals surface area contributed by atoms with E-state index >= 15 is 0 Å². The molecule has 2 saturated heterocycles. The van der Waals surface area contributed by atoms with E-state index in [-0.39, 0.29) is 23.9 Å². The summed E-state index contributed by atoms with van der Waals surface area (Å²) in [6.45, 7) is 7.48. The summed E-state index contributed by atoms with van der Waals surface area (Å²) in [5.74, 6) is 2.82. The van der Waals surface area contributed by atoms with Gasteiger partial charge in [0.1, 0.15) is 17.7 Å². The molecule has 3 atom stereocenters. The van der Waals surface area contributed by atoms with Crippen LogP contribution in [0.15, 0.2) is 65.9 Å². The fourth-order valence-electron chi connectivity index (χ4n) is 6.56. The summed E-state index contributed by atoms with van der Waals surface area (Å²) < 4.78 is 0. The molecule has 10 heteroatoms. The molecular weight excluding hydrogens is 550 g/mol. The molecule has 3 aliphatic rings. The van der Waals surface area contributed by atoms with Gasteiger partial charge in [0.25, 0.3) is 0 Å². The van der Waals surface area contributed by atoms with Gasteiger partial charge in [-0.15, -0.1) is 0 Å². The number of likely N-dealkylation sites (tertiary alicyclic amines) is 1. The molecule has 44 heavy (non-hydrogen) atoms. The predicted octanol–water partition coefficient (Wildman–Crippen LogP) is 4.80. The summed E-state index contributed by atoms with van der Waals surface area (Å²) in [6, 6.07) is 17.1. The Hall–Kier alpha value is -4.44. The van der Waals surface area contributed by atoms with E-state index in [9.17, 15) is 4.79 Å². The zero-order valence-corrected chi connectivity index (χ0v) is 25.4. The summed E-state index contributed by atoms with van der Waals surface area (Å²) in [6.07, 6.45) is 8.00. The van der Waals surface area contributed by atoms with Crippen molar-refractivity contribution in [3.05, 3.63) is 72.6 Å². The van der Waals surface area contributed by atoms with Crippen molar-refractivity contribution in [3.63, 3.8) is 0 Å². The monoisotopic (exact) mass is 591 g/mol. The first-order valence-corrected chi connectivity index (χ1v) is 15.9. The first kappa shape index (κ1) is 28.3. The maximum Gasteiger partial charge on any atom is 0.246 e. The lowest BCUT2D eigenvalue weighted by Crippen LogP contribution is -2.53. The number of benzene rings is 2. The van der Waals surface area contributed by atoms with E-state index in [1.54, 1.807) is 0 Å². The van der Waals surface area contributed by atoms with Crippen molar-refractivity contribution in [2.45, 2.75) is 57.7 Å². The molecule has 1 amide bonds. The number of nitrogens with zero attached hydrogens (tertiary/aromatic N) is 4. The van der Waals surface area contributed by atoms with E-state index < -0.39 is 0 Å². The largest absolute Gasteiger partial charge is 0.355 e. The molecule has 228 valence electrons. The number of rotatable bonds is 8. The van der Waals surface area contributed by atoms with Crippen LogP contribution in [0.2, 0.25) is 0 Å². The molecule has 10 nitrogen and oxygen atoms in total. The maximum atomic E-state index is 13.7. The van der Waals surface area contributed by atoms with Crippen LogP contribution in [-0.2, 0) is 4.79 Å². The molecule has 1 unspecified atom stereocenters. The van der Waals surface area contributed by atoms with Crippen LogP contribution in [0.25, 0.3) is 33.6 Å². The van der Waals surface area contributed by atoms with E-state index in [1.165, 1.54) is 6.42 Å². The van der Waals surface area contributed by atoms with Gasteiger partial charge in [-0.1, -0.05) is 62.4 Å². The topological polar surface area (TPSA) is 126 Å². The van der Waals surface area contributed by atoms with Crippen LogP contribution in [0, 0.1) is 5.92 Å². The minimum atomic E-state index is -0.331. The number of H-pyrrole nitrogens is 2.